The summed E-state index contributed by atoms with van der Waals surface area (Å²) in [6.07, 6.45) is 3.16. The van der Waals surface area contributed by atoms with Gasteiger partial charge in [-0.3, -0.25) is 4.79 Å². The highest BCUT2D eigenvalue weighted by molar-refractivity contribution is 6.01. The summed E-state index contributed by atoms with van der Waals surface area (Å²) >= 11 is 0. The molecule has 3 nitrogen and oxygen atoms in total. The lowest BCUT2D eigenvalue weighted by Gasteiger charge is -2.30. The standard InChI is InChI=1S/C18H22N2O/c1-11-7-12(2)9-13(8-11)18(21)17-10-15(19)14-5-3-4-6-16(14)20-17/h3-6,10-13H,7-9H2,1-2H3,(H2,19,20). The molecule has 1 aromatic heterocycles. The van der Waals surface area contributed by atoms with Gasteiger partial charge in [0.2, 0.25) is 0 Å². The van der Waals surface area contributed by atoms with Gasteiger partial charge in [0, 0.05) is 17.0 Å². The SMILES string of the molecule is CC1CC(C)CC(C(=O)c2cc(N)c3ccccc3n2)C1. The van der Waals surface area contributed by atoms with Crippen molar-refractivity contribution in [1.29, 1.82) is 0 Å². The van der Waals surface area contributed by atoms with Crippen LogP contribution in [0.2, 0.25) is 0 Å². The second kappa shape index (κ2) is 5.47. The minimum atomic E-state index is 0.0943. The van der Waals surface area contributed by atoms with Crippen LogP contribution < -0.4 is 5.73 Å². The molecule has 1 aromatic carbocycles. The van der Waals surface area contributed by atoms with Crippen LogP contribution in [-0.2, 0) is 0 Å². The molecule has 1 aliphatic carbocycles. The summed E-state index contributed by atoms with van der Waals surface area (Å²) in [6, 6.07) is 9.46. The van der Waals surface area contributed by atoms with E-state index < -0.39 is 0 Å². The third kappa shape index (κ3) is 2.78. The second-order valence-corrected chi connectivity index (χ2v) is 6.59. The molecular weight excluding hydrogens is 260 g/mol. The number of hydrogen-bond donors (Lipinski definition) is 1. The Kier molecular flexibility index (Phi) is 3.66. The number of fused-ring (bicyclic) bond motifs is 1. The normalized spacial score (nSPS) is 25.9. The molecule has 2 aromatic rings. The van der Waals surface area contributed by atoms with E-state index in [0.717, 1.165) is 23.7 Å². The first-order chi connectivity index (χ1) is 10.0. The summed E-state index contributed by atoms with van der Waals surface area (Å²) in [5, 5.41) is 0.916. The predicted molar refractivity (Wildman–Crippen MR) is 86.2 cm³/mol. The Morgan fingerprint density at radius 1 is 1.14 bits per heavy atom. The molecule has 1 fully saturated rings. The number of aromatic nitrogens is 1. The topological polar surface area (TPSA) is 56.0 Å². The van der Waals surface area contributed by atoms with Crippen molar-refractivity contribution in [3.05, 3.63) is 36.0 Å². The average Bonchev–Trinajstić information content (AvgIpc) is 2.45. The maximum Gasteiger partial charge on any atom is 0.184 e. The lowest BCUT2D eigenvalue weighted by atomic mass is 9.74. The highest BCUT2D eigenvalue weighted by Gasteiger charge is 2.30. The minimum Gasteiger partial charge on any atom is -0.398 e. The number of benzene rings is 1. The van der Waals surface area contributed by atoms with E-state index in [1.54, 1.807) is 6.07 Å². The van der Waals surface area contributed by atoms with Gasteiger partial charge in [-0.25, -0.2) is 4.98 Å². The second-order valence-electron chi connectivity index (χ2n) is 6.59. The van der Waals surface area contributed by atoms with Gasteiger partial charge in [-0.05, 0) is 43.2 Å². The van der Waals surface area contributed by atoms with E-state index in [2.05, 4.69) is 18.8 Å². The largest absolute Gasteiger partial charge is 0.398 e. The minimum absolute atomic E-state index is 0.0943. The van der Waals surface area contributed by atoms with Crippen LogP contribution in [0.25, 0.3) is 10.9 Å². The molecule has 0 radical (unpaired) electrons. The van der Waals surface area contributed by atoms with E-state index in [1.165, 1.54) is 6.42 Å². The number of rotatable bonds is 2. The van der Waals surface area contributed by atoms with Crippen LogP contribution in [0.4, 0.5) is 5.69 Å². The van der Waals surface area contributed by atoms with Crippen molar-refractivity contribution < 1.29 is 4.79 Å². The van der Waals surface area contributed by atoms with E-state index in [-0.39, 0.29) is 11.7 Å². The Bertz CT molecular complexity index is 670. The summed E-state index contributed by atoms with van der Waals surface area (Å²) in [5.74, 6) is 1.48. The summed E-state index contributed by atoms with van der Waals surface area (Å²) in [4.78, 5) is 17.3. The van der Waals surface area contributed by atoms with E-state index in [1.807, 2.05) is 24.3 Å². The summed E-state index contributed by atoms with van der Waals surface area (Å²) in [7, 11) is 0. The number of hydrogen-bond acceptors (Lipinski definition) is 3. The summed E-state index contributed by atoms with van der Waals surface area (Å²) in [5.41, 5.74) is 8.06. The monoisotopic (exact) mass is 282 g/mol. The molecule has 3 rings (SSSR count). The molecule has 1 saturated carbocycles. The van der Waals surface area contributed by atoms with Gasteiger partial charge < -0.3 is 5.73 Å². The van der Waals surface area contributed by atoms with E-state index in [9.17, 15) is 4.79 Å². The molecule has 0 amide bonds. The number of carbonyl (C=O) groups is 1. The molecule has 2 N–H and O–H groups in total. The van der Waals surface area contributed by atoms with Gasteiger partial charge in [0.05, 0.1) is 5.52 Å². The number of anilines is 1. The zero-order chi connectivity index (χ0) is 15.0. The van der Waals surface area contributed by atoms with Gasteiger partial charge in [-0.15, -0.1) is 0 Å². The smallest absolute Gasteiger partial charge is 0.184 e. The van der Waals surface area contributed by atoms with Crippen molar-refractivity contribution >= 4 is 22.4 Å². The highest BCUT2D eigenvalue weighted by Crippen LogP contribution is 2.35. The van der Waals surface area contributed by atoms with Crippen molar-refractivity contribution in [3.8, 4) is 0 Å². The third-order valence-corrected chi connectivity index (χ3v) is 4.55. The number of nitrogens with two attached hydrogens (primary N) is 1. The lowest BCUT2D eigenvalue weighted by Crippen LogP contribution is -2.26. The fourth-order valence-corrected chi connectivity index (χ4v) is 3.70. The third-order valence-electron chi connectivity index (χ3n) is 4.55. The Hall–Kier alpha value is -1.90. The Morgan fingerprint density at radius 2 is 1.81 bits per heavy atom. The van der Waals surface area contributed by atoms with Crippen LogP contribution in [0.5, 0.6) is 0 Å². The van der Waals surface area contributed by atoms with Gasteiger partial charge in [0.25, 0.3) is 0 Å². The van der Waals surface area contributed by atoms with Crippen LogP contribution in [0.3, 0.4) is 0 Å². The van der Waals surface area contributed by atoms with Crippen molar-refractivity contribution in [2.75, 3.05) is 5.73 Å². The van der Waals surface area contributed by atoms with Crippen molar-refractivity contribution in [1.82, 2.24) is 4.98 Å². The Morgan fingerprint density at radius 3 is 2.52 bits per heavy atom. The first-order valence-electron chi connectivity index (χ1n) is 7.74. The summed E-state index contributed by atoms with van der Waals surface area (Å²) < 4.78 is 0. The molecule has 2 atom stereocenters. The van der Waals surface area contributed by atoms with Crippen LogP contribution in [0, 0.1) is 17.8 Å². The molecule has 3 heteroatoms. The Labute approximate surface area is 125 Å². The average molecular weight is 282 g/mol. The number of para-hydroxylation sites is 1. The maximum atomic E-state index is 12.8. The first kappa shape index (κ1) is 14.1. The molecule has 2 unspecified atom stereocenters. The molecule has 1 aliphatic rings. The van der Waals surface area contributed by atoms with Gasteiger partial charge in [-0.1, -0.05) is 32.0 Å². The number of nitrogen functional groups attached to an aromatic ring is 1. The molecule has 0 aliphatic heterocycles. The van der Waals surface area contributed by atoms with Crippen LogP contribution in [-0.4, -0.2) is 10.8 Å². The van der Waals surface area contributed by atoms with Gasteiger partial charge in [-0.2, -0.15) is 0 Å². The zero-order valence-corrected chi connectivity index (χ0v) is 12.7. The number of nitrogens with zero attached hydrogens (tertiary/aromatic N) is 1. The van der Waals surface area contributed by atoms with Crippen molar-refractivity contribution in [3.63, 3.8) is 0 Å². The first-order valence-corrected chi connectivity index (χ1v) is 7.74. The van der Waals surface area contributed by atoms with Crippen LogP contribution >= 0.6 is 0 Å². The fraction of sp³-hybridized carbons (Fsp3) is 0.444. The zero-order valence-electron chi connectivity index (χ0n) is 12.7. The highest BCUT2D eigenvalue weighted by atomic mass is 16.1. The molecule has 110 valence electrons. The maximum absolute atomic E-state index is 12.8. The number of carbonyl (C=O) groups excluding carboxylic acids is 1. The van der Waals surface area contributed by atoms with E-state index in [4.69, 9.17) is 5.73 Å². The van der Waals surface area contributed by atoms with Crippen molar-refractivity contribution in [2.24, 2.45) is 17.8 Å². The van der Waals surface area contributed by atoms with E-state index >= 15 is 0 Å². The molecule has 21 heavy (non-hydrogen) atoms. The molecular formula is C18H22N2O. The lowest BCUT2D eigenvalue weighted by molar-refractivity contribution is 0.0831. The van der Waals surface area contributed by atoms with Gasteiger partial charge in [0.15, 0.2) is 5.78 Å². The Balaban J connectivity index is 1.94. The molecule has 0 bridgehead atoms. The fourth-order valence-electron chi connectivity index (χ4n) is 3.70. The molecule has 1 heterocycles. The van der Waals surface area contributed by atoms with Crippen LogP contribution in [0.15, 0.2) is 30.3 Å². The van der Waals surface area contributed by atoms with E-state index in [0.29, 0.717) is 23.2 Å². The molecule has 0 spiro atoms. The van der Waals surface area contributed by atoms with Crippen molar-refractivity contribution in [2.45, 2.75) is 33.1 Å². The number of Topliss-reactive ketones (excluding diaryl/α,β-unsaturated/α-hetero) is 1. The van der Waals surface area contributed by atoms with Gasteiger partial charge >= 0.3 is 0 Å². The number of pyridine rings is 1. The van der Waals surface area contributed by atoms with Crippen LogP contribution in [0.1, 0.15) is 43.6 Å². The quantitative estimate of drug-likeness (QED) is 0.845. The predicted octanol–water partition coefficient (Wildman–Crippen LogP) is 4.07. The molecule has 0 saturated heterocycles. The number of ketones is 1. The van der Waals surface area contributed by atoms with Gasteiger partial charge in [0.1, 0.15) is 5.69 Å². The summed E-state index contributed by atoms with van der Waals surface area (Å²) in [6.45, 7) is 4.47.